The first-order chi connectivity index (χ1) is 10.2. The van der Waals surface area contributed by atoms with E-state index < -0.39 is 0 Å². The van der Waals surface area contributed by atoms with Crippen molar-refractivity contribution in [3.8, 4) is 17.9 Å². The van der Waals surface area contributed by atoms with Crippen LogP contribution in [0.2, 0.25) is 0 Å². The lowest BCUT2D eigenvalue weighted by Gasteiger charge is -2.07. The second-order valence-electron chi connectivity index (χ2n) is 4.63. The van der Waals surface area contributed by atoms with Crippen LogP contribution in [0.1, 0.15) is 16.7 Å². The predicted octanol–water partition coefficient (Wildman–Crippen LogP) is 4.00. The van der Waals surface area contributed by atoms with Crippen LogP contribution >= 0.6 is 0 Å². The van der Waals surface area contributed by atoms with E-state index in [9.17, 15) is 0 Å². The van der Waals surface area contributed by atoms with Crippen LogP contribution in [0.3, 0.4) is 0 Å². The third-order valence-electron chi connectivity index (χ3n) is 2.92. The molecule has 3 heteroatoms. The van der Waals surface area contributed by atoms with Crippen molar-refractivity contribution in [2.45, 2.75) is 13.5 Å². The number of nitrogens with zero attached hydrogens (tertiary/aromatic N) is 2. The summed E-state index contributed by atoms with van der Waals surface area (Å²) >= 11 is 0. The number of hydrogen-bond acceptors (Lipinski definition) is 3. The molecule has 102 valence electrons. The highest BCUT2D eigenvalue weighted by Gasteiger charge is 1.98. The summed E-state index contributed by atoms with van der Waals surface area (Å²) in [5, 5.41) is 17.4. The fraction of sp³-hybridized carbons (Fsp3) is 0.111. The molecule has 0 spiro atoms. The van der Waals surface area contributed by atoms with Gasteiger partial charge in [-0.15, -0.1) is 0 Å². The van der Waals surface area contributed by atoms with E-state index in [1.165, 1.54) is 5.56 Å². The number of allylic oxidation sites excluding steroid dienone is 1. The minimum atomic E-state index is 0.0865. The van der Waals surface area contributed by atoms with Gasteiger partial charge in [0.25, 0.3) is 0 Å². The Labute approximate surface area is 124 Å². The van der Waals surface area contributed by atoms with Gasteiger partial charge in [0.1, 0.15) is 30.1 Å². The predicted molar refractivity (Wildman–Crippen MR) is 81.2 cm³/mol. The normalized spacial score (nSPS) is 9.29. The molecule has 0 atom stereocenters. The van der Waals surface area contributed by atoms with Crippen molar-refractivity contribution in [1.29, 1.82) is 10.5 Å². The SMILES string of the molecule is Cc1cccc(COc2ccc(C=C(C#N)C#N)cc2)c1. The van der Waals surface area contributed by atoms with E-state index in [1.54, 1.807) is 6.08 Å². The number of hydrogen-bond donors (Lipinski definition) is 0. The second-order valence-corrected chi connectivity index (χ2v) is 4.63. The summed E-state index contributed by atoms with van der Waals surface area (Å²) in [6.45, 7) is 2.56. The Morgan fingerprint density at radius 2 is 1.81 bits per heavy atom. The third kappa shape index (κ3) is 4.23. The van der Waals surface area contributed by atoms with Crippen LogP contribution in [0.25, 0.3) is 6.08 Å². The lowest BCUT2D eigenvalue weighted by atomic mass is 10.1. The minimum Gasteiger partial charge on any atom is -0.489 e. The molecule has 0 aromatic heterocycles. The van der Waals surface area contributed by atoms with E-state index in [1.807, 2.05) is 61.5 Å². The molecule has 0 radical (unpaired) electrons. The Morgan fingerprint density at radius 1 is 1.10 bits per heavy atom. The van der Waals surface area contributed by atoms with Crippen LogP contribution < -0.4 is 4.74 Å². The average molecular weight is 274 g/mol. The summed E-state index contributed by atoms with van der Waals surface area (Å²) in [4.78, 5) is 0. The number of benzene rings is 2. The maximum atomic E-state index is 8.71. The molecule has 2 aromatic carbocycles. The van der Waals surface area contributed by atoms with Gasteiger partial charge in [-0.05, 0) is 36.3 Å². The largest absolute Gasteiger partial charge is 0.489 e. The van der Waals surface area contributed by atoms with Crippen molar-refractivity contribution >= 4 is 6.08 Å². The Morgan fingerprint density at radius 3 is 2.43 bits per heavy atom. The molecule has 0 saturated heterocycles. The highest BCUT2D eigenvalue weighted by atomic mass is 16.5. The summed E-state index contributed by atoms with van der Waals surface area (Å²) in [7, 11) is 0. The summed E-state index contributed by atoms with van der Waals surface area (Å²) < 4.78 is 5.71. The maximum absolute atomic E-state index is 8.71. The highest BCUT2D eigenvalue weighted by molar-refractivity contribution is 5.62. The van der Waals surface area contributed by atoms with Gasteiger partial charge in [0.05, 0.1) is 0 Å². The summed E-state index contributed by atoms with van der Waals surface area (Å²) in [5.41, 5.74) is 3.21. The Kier molecular flexibility index (Phi) is 4.75. The van der Waals surface area contributed by atoms with E-state index >= 15 is 0 Å². The van der Waals surface area contributed by atoms with Gasteiger partial charge < -0.3 is 4.74 Å². The molecule has 0 amide bonds. The van der Waals surface area contributed by atoms with Crippen LogP contribution in [-0.4, -0.2) is 0 Å². The quantitative estimate of drug-likeness (QED) is 0.792. The summed E-state index contributed by atoms with van der Waals surface area (Å²) in [5.74, 6) is 0.754. The van der Waals surface area contributed by atoms with Crippen molar-refractivity contribution < 1.29 is 4.74 Å². The molecule has 21 heavy (non-hydrogen) atoms. The first-order valence-corrected chi connectivity index (χ1v) is 6.51. The molecule has 0 heterocycles. The first-order valence-electron chi connectivity index (χ1n) is 6.51. The maximum Gasteiger partial charge on any atom is 0.130 e. The van der Waals surface area contributed by atoms with Gasteiger partial charge in [-0.3, -0.25) is 0 Å². The standard InChI is InChI=1S/C18H14N2O/c1-14-3-2-4-16(9-14)13-21-18-7-5-15(6-8-18)10-17(11-19)12-20/h2-10H,13H2,1H3. The lowest BCUT2D eigenvalue weighted by molar-refractivity contribution is 0.306. The van der Waals surface area contributed by atoms with Crippen LogP contribution in [0.15, 0.2) is 54.1 Å². The molecule has 0 aliphatic rings. The third-order valence-corrected chi connectivity index (χ3v) is 2.92. The molecular formula is C18H14N2O. The fourth-order valence-corrected chi connectivity index (χ4v) is 1.89. The summed E-state index contributed by atoms with van der Waals surface area (Å²) in [6.07, 6.45) is 1.55. The minimum absolute atomic E-state index is 0.0865. The van der Waals surface area contributed by atoms with Crippen molar-refractivity contribution in [3.05, 3.63) is 70.8 Å². The Balaban J connectivity index is 2.02. The zero-order valence-corrected chi connectivity index (χ0v) is 11.7. The Bertz CT molecular complexity index is 715. The van der Waals surface area contributed by atoms with E-state index in [0.717, 1.165) is 16.9 Å². The monoisotopic (exact) mass is 274 g/mol. The van der Waals surface area contributed by atoms with E-state index in [2.05, 4.69) is 6.07 Å². The number of rotatable bonds is 4. The molecule has 0 fully saturated rings. The molecule has 0 aliphatic carbocycles. The number of ether oxygens (including phenoxy) is 1. The van der Waals surface area contributed by atoms with Gasteiger partial charge in [-0.25, -0.2) is 0 Å². The van der Waals surface area contributed by atoms with Crippen LogP contribution in [-0.2, 0) is 6.61 Å². The van der Waals surface area contributed by atoms with Gasteiger partial charge in [-0.2, -0.15) is 10.5 Å². The van der Waals surface area contributed by atoms with Crippen LogP contribution in [0, 0.1) is 29.6 Å². The molecule has 3 nitrogen and oxygen atoms in total. The second kappa shape index (κ2) is 6.93. The van der Waals surface area contributed by atoms with Crippen molar-refractivity contribution in [3.63, 3.8) is 0 Å². The molecular weight excluding hydrogens is 260 g/mol. The zero-order chi connectivity index (χ0) is 15.1. The average Bonchev–Trinajstić information content (AvgIpc) is 2.52. The van der Waals surface area contributed by atoms with Gasteiger partial charge in [0.15, 0.2) is 0 Å². The molecule has 0 N–H and O–H groups in total. The van der Waals surface area contributed by atoms with Gasteiger partial charge in [-0.1, -0.05) is 42.0 Å². The molecule has 0 unspecified atom stereocenters. The molecule has 2 rings (SSSR count). The van der Waals surface area contributed by atoms with Gasteiger partial charge in [0, 0.05) is 0 Å². The fourth-order valence-electron chi connectivity index (χ4n) is 1.89. The van der Waals surface area contributed by atoms with Crippen molar-refractivity contribution in [2.75, 3.05) is 0 Å². The highest BCUT2D eigenvalue weighted by Crippen LogP contribution is 2.16. The molecule has 0 saturated carbocycles. The van der Waals surface area contributed by atoms with Gasteiger partial charge in [0.2, 0.25) is 0 Å². The summed E-state index contributed by atoms with van der Waals surface area (Å²) in [6, 6.07) is 19.1. The Hall–Kier alpha value is -3.04. The van der Waals surface area contributed by atoms with Crippen LogP contribution in [0.4, 0.5) is 0 Å². The topological polar surface area (TPSA) is 56.8 Å². The first kappa shape index (κ1) is 14.4. The number of aryl methyl sites for hydroxylation is 1. The smallest absolute Gasteiger partial charge is 0.130 e. The lowest BCUT2D eigenvalue weighted by Crippen LogP contribution is -1.95. The molecule has 0 bridgehead atoms. The molecule has 2 aromatic rings. The van der Waals surface area contributed by atoms with Crippen molar-refractivity contribution in [2.24, 2.45) is 0 Å². The van der Waals surface area contributed by atoms with Crippen LogP contribution in [0.5, 0.6) is 5.75 Å². The number of nitriles is 2. The molecule has 0 aliphatic heterocycles. The van der Waals surface area contributed by atoms with Crippen molar-refractivity contribution in [1.82, 2.24) is 0 Å². The van der Waals surface area contributed by atoms with Gasteiger partial charge >= 0.3 is 0 Å². The van der Waals surface area contributed by atoms with E-state index in [-0.39, 0.29) is 5.57 Å². The van der Waals surface area contributed by atoms with E-state index in [4.69, 9.17) is 15.3 Å². The van der Waals surface area contributed by atoms with E-state index in [0.29, 0.717) is 6.61 Å². The zero-order valence-electron chi connectivity index (χ0n) is 11.7.